The van der Waals surface area contributed by atoms with Crippen LogP contribution in [0.1, 0.15) is 33.7 Å². The third-order valence-corrected chi connectivity index (χ3v) is 4.98. The number of hydrogen-bond acceptors (Lipinski definition) is 3. The molecule has 1 heterocycles. The van der Waals surface area contributed by atoms with E-state index < -0.39 is 17.8 Å². The molecule has 1 aliphatic heterocycles. The van der Waals surface area contributed by atoms with Gasteiger partial charge in [0.2, 0.25) is 5.78 Å². The van der Waals surface area contributed by atoms with Crippen molar-refractivity contribution in [2.24, 2.45) is 0 Å². The van der Waals surface area contributed by atoms with Crippen molar-refractivity contribution in [3.8, 4) is 0 Å². The minimum absolute atomic E-state index is 0.227. The highest BCUT2D eigenvalue weighted by atomic mass is 35.5. The standard InChI is InChI=1S/C22H17ClO3/c23-18-13-11-17(12-14-18)21-22(26-21,19(24)15-7-3-1-4-8-15)20(25)16-9-5-2-6-10-16/h1-14,19,21,24H/t19-,21+,22+/m0/s1. The summed E-state index contributed by atoms with van der Waals surface area (Å²) in [6.07, 6.45) is -1.60. The van der Waals surface area contributed by atoms with Crippen molar-refractivity contribution in [1.29, 1.82) is 0 Å². The molecule has 0 unspecified atom stereocenters. The van der Waals surface area contributed by atoms with Gasteiger partial charge in [0.1, 0.15) is 12.2 Å². The van der Waals surface area contributed by atoms with E-state index >= 15 is 0 Å². The van der Waals surface area contributed by atoms with Crippen LogP contribution in [0, 0.1) is 0 Å². The number of epoxide rings is 1. The van der Waals surface area contributed by atoms with Gasteiger partial charge in [-0.3, -0.25) is 4.79 Å². The summed E-state index contributed by atoms with van der Waals surface area (Å²) in [6.45, 7) is 0. The molecule has 0 aromatic heterocycles. The van der Waals surface area contributed by atoms with Gasteiger partial charge in [0, 0.05) is 10.6 Å². The molecule has 3 aromatic carbocycles. The fourth-order valence-electron chi connectivity index (χ4n) is 3.32. The van der Waals surface area contributed by atoms with Crippen LogP contribution in [0.4, 0.5) is 0 Å². The first-order chi connectivity index (χ1) is 12.6. The Morgan fingerprint density at radius 3 is 2.12 bits per heavy atom. The molecule has 0 spiro atoms. The van der Waals surface area contributed by atoms with Crippen LogP contribution in [-0.4, -0.2) is 16.5 Å². The van der Waals surface area contributed by atoms with Gasteiger partial charge in [0.15, 0.2) is 5.60 Å². The van der Waals surface area contributed by atoms with Crippen molar-refractivity contribution in [3.63, 3.8) is 0 Å². The first kappa shape index (κ1) is 17.0. The largest absolute Gasteiger partial charge is 0.385 e. The Bertz CT molecular complexity index is 909. The smallest absolute Gasteiger partial charge is 0.200 e. The van der Waals surface area contributed by atoms with Gasteiger partial charge >= 0.3 is 0 Å². The topological polar surface area (TPSA) is 49.8 Å². The zero-order valence-electron chi connectivity index (χ0n) is 13.9. The highest BCUT2D eigenvalue weighted by Gasteiger charge is 2.67. The lowest BCUT2D eigenvalue weighted by Gasteiger charge is -2.20. The Morgan fingerprint density at radius 1 is 0.923 bits per heavy atom. The van der Waals surface area contributed by atoms with Crippen LogP contribution in [0.2, 0.25) is 5.02 Å². The molecule has 3 aromatic rings. The maximum Gasteiger partial charge on any atom is 0.200 e. The first-order valence-electron chi connectivity index (χ1n) is 8.39. The highest BCUT2D eigenvalue weighted by molar-refractivity contribution is 6.30. The Kier molecular flexibility index (Phi) is 4.37. The minimum atomic E-state index is -1.34. The van der Waals surface area contributed by atoms with E-state index in [-0.39, 0.29) is 5.78 Å². The van der Waals surface area contributed by atoms with Crippen LogP contribution in [0.5, 0.6) is 0 Å². The molecule has 0 saturated carbocycles. The third-order valence-electron chi connectivity index (χ3n) is 4.73. The Morgan fingerprint density at radius 2 is 1.50 bits per heavy atom. The van der Waals surface area contributed by atoms with Crippen LogP contribution in [-0.2, 0) is 4.74 Å². The molecule has 1 fully saturated rings. The van der Waals surface area contributed by atoms with E-state index in [0.717, 1.165) is 5.56 Å². The Hall–Kier alpha value is -2.46. The van der Waals surface area contributed by atoms with Crippen molar-refractivity contribution in [2.75, 3.05) is 0 Å². The van der Waals surface area contributed by atoms with Crippen molar-refractivity contribution < 1.29 is 14.6 Å². The highest BCUT2D eigenvalue weighted by Crippen LogP contribution is 2.58. The molecule has 0 aliphatic carbocycles. The fraction of sp³-hybridized carbons (Fsp3) is 0.136. The van der Waals surface area contributed by atoms with Crippen LogP contribution in [0.25, 0.3) is 0 Å². The average Bonchev–Trinajstić information content (AvgIpc) is 3.45. The predicted molar refractivity (Wildman–Crippen MR) is 100 cm³/mol. The van der Waals surface area contributed by atoms with Gasteiger partial charge < -0.3 is 9.84 Å². The summed E-state index contributed by atoms with van der Waals surface area (Å²) in [4.78, 5) is 13.3. The van der Waals surface area contributed by atoms with Gasteiger partial charge in [-0.2, -0.15) is 0 Å². The summed E-state index contributed by atoms with van der Waals surface area (Å²) in [6, 6.07) is 25.2. The average molecular weight is 365 g/mol. The number of rotatable bonds is 5. The molecule has 0 amide bonds. The van der Waals surface area contributed by atoms with Gasteiger partial charge in [-0.1, -0.05) is 84.4 Å². The molecule has 3 atom stereocenters. The van der Waals surface area contributed by atoms with E-state index in [4.69, 9.17) is 16.3 Å². The molecule has 0 bridgehead atoms. The van der Waals surface area contributed by atoms with E-state index in [9.17, 15) is 9.90 Å². The van der Waals surface area contributed by atoms with Crippen molar-refractivity contribution in [2.45, 2.75) is 17.8 Å². The molecule has 26 heavy (non-hydrogen) atoms. The van der Waals surface area contributed by atoms with E-state index in [1.807, 2.05) is 36.4 Å². The van der Waals surface area contributed by atoms with Crippen LogP contribution >= 0.6 is 11.6 Å². The number of ether oxygens (including phenoxy) is 1. The molecule has 1 N–H and O–H groups in total. The van der Waals surface area contributed by atoms with Gasteiger partial charge in [0.25, 0.3) is 0 Å². The lowest BCUT2D eigenvalue weighted by molar-refractivity contribution is 0.0531. The van der Waals surface area contributed by atoms with Gasteiger partial charge in [-0.05, 0) is 23.3 Å². The second-order valence-corrected chi connectivity index (χ2v) is 6.79. The zero-order valence-corrected chi connectivity index (χ0v) is 14.6. The Balaban J connectivity index is 1.76. The summed E-state index contributed by atoms with van der Waals surface area (Å²) in [7, 11) is 0. The fourth-order valence-corrected chi connectivity index (χ4v) is 3.44. The summed E-state index contributed by atoms with van der Waals surface area (Å²) >= 11 is 5.97. The number of ketones is 1. The number of carbonyl (C=O) groups excluding carboxylic acids is 1. The number of benzene rings is 3. The normalized spacial score (nSPS) is 22.6. The van der Waals surface area contributed by atoms with Gasteiger partial charge in [0.05, 0.1) is 0 Å². The van der Waals surface area contributed by atoms with Crippen molar-refractivity contribution in [1.82, 2.24) is 0 Å². The molecular formula is C22H17ClO3. The number of halogens is 1. The number of Topliss-reactive ketones (excluding diaryl/α,β-unsaturated/α-hetero) is 1. The summed E-state index contributed by atoms with van der Waals surface area (Å²) in [5.41, 5.74) is 0.636. The maximum absolute atomic E-state index is 13.3. The summed E-state index contributed by atoms with van der Waals surface area (Å²) < 4.78 is 5.92. The first-order valence-corrected chi connectivity index (χ1v) is 8.77. The zero-order chi connectivity index (χ0) is 18.1. The lowest BCUT2D eigenvalue weighted by atomic mass is 9.83. The minimum Gasteiger partial charge on any atom is -0.385 e. The monoisotopic (exact) mass is 364 g/mol. The molecule has 130 valence electrons. The van der Waals surface area contributed by atoms with E-state index in [1.54, 1.807) is 48.5 Å². The summed E-state index contributed by atoms with van der Waals surface area (Å²) in [5, 5.41) is 11.7. The SMILES string of the molecule is O=C(c1ccccc1)[C@@]1([C@@H](O)c2ccccc2)O[C@@H]1c1ccc(Cl)cc1. The molecule has 1 saturated heterocycles. The van der Waals surface area contributed by atoms with E-state index in [0.29, 0.717) is 16.1 Å². The summed E-state index contributed by atoms with van der Waals surface area (Å²) in [5.74, 6) is -0.227. The number of hydrogen-bond donors (Lipinski definition) is 1. The van der Waals surface area contributed by atoms with Gasteiger partial charge in [-0.15, -0.1) is 0 Å². The maximum atomic E-state index is 13.3. The molecule has 3 nitrogen and oxygen atoms in total. The number of aliphatic hydroxyl groups excluding tert-OH is 1. The molecule has 4 heteroatoms. The molecule has 1 aliphatic rings. The van der Waals surface area contributed by atoms with Crippen molar-refractivity contribution in [3.05, 3.63) is 107 Å². The second-order valence-electron chi connectivity index (χ2n) is 6.35. The molecule has 0 radical (unpaired) electrons. The number of carbonyl (C=O) groups is 1. The lowest BCUT2D eigenvalue weighted by Crippen LogP contribution is -2.33. The third kappa shape index (κ3) is 2.84. The van der Waals surface area contributed by atoms with Crippen molar-refractivity contribution >= 4 is 17.4 Å². The quantitative estimate of drug-likeness (QED) is 0.524. The van der Waals surface area contributed by atoms with Gasteiger partial charge in [-0.25, -0.2) is 0 Å². The predicted octanol–water partition coefficient (Wildman–Crippen LogP) is 4.77. The second kappa shape index (κ2) is 6.69. The molecular weight excluding hydrogens is 348 g/mol. The van der Waals surface area contributed by atoms with E-state index in [2.05, 4.69) is 0 Å². The van der Waals surface area contributed by atoms with Crippen LogP contribution in [0.15, 0.2) is 84.9 Å². The van der Waals surface area contributed by atoms with Crippen LogP contribution in [0.3, 0.4) is 0 Å². The van der Waals surface area contributed by atoms with Crippen LogP contribution < -0.4 is 0 Å². The van der Waals surface area contributed by atoms with E-state index in [1.165, 1.54) is 0 Å². The molecule has 4 rings (SSSR count). The Labute approximate surface area is 156 Å². The number of aliphatic hydroxyl groups is 1.